The number of hydrogen-bond donors (Lipinski definition) is 0. The minimum atomic E-state index is -0.445. The van der Waals surface area contributed by atoms with Gasteiger partial charge in [0.1, 0.15) is 0 Å². The smallest absolute Gasteiger partial charge is 0.307 e. The summed E-state index contributed by atoms with van der Waals surface area (Å²) < 4.78 is 5.37. The highest BCUT2D eigenvalue weighted by molar-refractivity contribution is 5.67. The van der Waals surface area contributed by atoms with E-state index in [0.717, 1.165) is 30.1 Å². The van der Waals surface area contributed by atoms with E-state index >= 15 is 0 Å². The van der Waals surface area contributed by atoms with Crippen LogP contribution in [0.4, 0.5) is 0 Å². The fourth-order valence-electron chi connectivity index (χ4n) is 9.41. The third-order valence-electron chi connectivity index (χ3n) is 11.1. The number of fused-ring (bicyclic) bond motifs is 5. The van der Waals surface area contributed by atoms with Gasteiger partial charge in [-0.2, -0.15) is 0 Å². The lowest BCUT2D eigenvalue weighted by Crippen LogP contribution is -2.53. The number of carbonyl (C=O) groups is 1. The first-order valence-electron chi connectivity index (χ1n) is 14.0. The molecule has 34 heavy (non-hydrogen) atoms. The van der Waals surface area contributed by atoms with Gasteiger partial charge >= 0.3 is 5.97 Å². The lowest BCUT2D eigenvalue weighted by atomic mass is 9.44. The van der Waals surface area contributed by atoms with Crippen LogP contribution in [-0.2, 0) is 9.53 Å². The van der Waals surface area contributed by atoms with Crippen molar-refractivity contribution >= 4 is 5.97 Å². The molecule has 0 spiro atoms. The van der Waals surface area contributed by atoms with Crippen LogP contribution in [0.3, 0.4) is 0 Å². The minimum absolute atomic E-state index is 0.0583. The van der Waals surface area contributed by atoms with Gasteiger partial charge in [-0.05, 0) is 90.8 Å². The van der Waals surface area contributed by atoms with Gasteiger partial charge in [0.2, 0.25) is 0 Å². The first-order chi connectivity index (χ1) is 16.0. The summed E-state index contributed by atoms with van der Waals surface area (Å²) in [5, 5.41) is 12.0. The average Bonchev–Trinajstić information content (AvgIpc) is 3.10. The van der Waals surface area contributed by atoms with Crippen LogP contribution in [0.15, 0.2) is 11.5 Å². The molecule has 5 nitrogen and oxygen atoms in total. The zero-order valence-electron chi connectivity index (χ0n) is 22.4. The van der Waals surface area contributed by atoms with E-state index in [4.69, 9.17) is 4.74 Å². The van der Waals surface area contributed by atoms with Crippen LogP contribution in [0.2, 0.25) is 0 Å². The standard InChI is InChI=1S/C29H47NO4/c1-18(2)8-7-9-19(3)23-12-13-24-22-11-10-21-16-27(34-20(4)31)26(30(32)33)17-29(21,6)25(22)14-15-28(23,24)5/h18-19,21-25H,7-17H2,1-6H3. The molecule has 0 aromatic rings. The van der Waals surface area contributed by atoms with Crippen molar-refractivity contribution in [1.29, 1.82) is 0 Å². The predicted octanol–water partition coefficient (Wildman–Crippen LogP) is 7.77. The number of allylic oxidation sites excluding steroid dienone is 2. The summed E-state index contributed by atoms with van der Waals surface area (Å²) in [5.74, 6) is 4.68. The van der Waals surface area contributed by atoms with Crippen LogP contribution in [0.25, 0.3) is 0 Å². The molecule has 4 aliphatic rings. The number of carbonyl (C=O) groups excluding carboxylic acids is 1. The topological polar surface area (TPSA) is 69.4 Å². The summed E-state index contributed by atoms with van der Waals surface area (Å²) in [6.45, 7) is 13.4. The minimum Gasteiger partial charge on any atom is -0.424 e. The number of rotatable bonds is 7. The van der Waals surface area contributed by atoms with Gasteiger partial charge in [0.05, 0.1) is 4.92 Å². The Labute approximate surface area is 206 Å². The number of ether oxygens (including phenoxy) is 1. The second-order valence-corrected chi connectivity index (χ2v) is 13.3. The third-order valence-corrected chi connectivity index (χ3v) is 11.1. The molecule has 8 unspecified atom stereocenters. The van der Waals surface area contributed by atoms with Crippen LogP contribution >= 0.6 is 0 Å². The molecule has 3 saturated carbocycles. The van der Waals surface area contributed by atoms with Gasteiger partial charge in [0.15, 0.2) is 5.76 Å². The van der Waals surface area contributed by atoms with Crippen LogP contribution in [0.1, 0.15) is 112 Å². The normalized spacial score (nSPS) is 40.4. The second-order valence-electron chi connectivity index (χ2n) is 13.3. The van der Waals surface area contributed by atoms with Crippen molar-refractivity contribution in [3.63, 3.8) is 0 Å². The van der Waals surface area contributed by atoms with Crippen LogP contribution in [0.5, 0.6) is 0 Å². The Balaban J connectivity index is 1.53. The SMILES string of the molecule is CC(=O)OC1=C([N+](=O)[O-])CC2(C)C(CCC3C2CCC2(C)C(C(C)CCCC(C)C)CCC32)C1. The lowest BCUT2D eigenvalue weighted by molar-refractivity contribution is -0.436. The van der Waals surface area contributed by atoms with Crippen molar-refractivity contribution < 1.29 is 14.5 Å². The van der Waals surface area contributed by atoms with Crippen molar-refractivity contribution in [3.05, 3.63) is 21.6 Å². The molecule has 3 fully saturated rings. The number of nitro groups is 1. The monoisotopic (exact) mass is 473 g/mol. The van der Waals surface area contributed by atoms with Crippen molar-refractivity contribution in [1.82, 2.24) is 0 Å². The van der Waals surface area contributed by atoms with E-state index in [1.165, 1.54) is 58.3 Å². The molecular formula is C29H47NO4. The Bertz CT molecular complexity index is 834. The molecule has 192 valence electrons. The largest absolute Gasteiger partial charge is 0.424 e. The summed E-state index contributed by atoms with van der Waals surface area (Å²) in [4.78, 5) is 23.3. The highest BCUT2D eigenvalue weighted by Gasteiger charge is 2.61. The molecule has 0 aliphatic heterocycles. The summed E-state index contributed by atoms with van der Waals surface area (Å²) >= 11 is 0. The first kappa shape index (κ1) is 25.7. The first-order valence-corrected chi connectivity index (χ1v) is 14.0. The second kappa shape index (κ2) is 9.58. The van der Waals surface area contributed by atoms with E-state index in [1.54, 1.807) is 0 Å². The summed E-state index contributed by atoms with van der Waals surface area (Å²) in [6.07, 6.45) is 12.6. The van der Waals surface area contributed by atoms with Gasteiger partial charge < -0.3 is 4.74 Å². The van der Waals surface area contributed by atoms with Gasteiger partial charge in [0.25, 0.3) is 5.70 Å². The molecule has 0 radical (unpaired) electrons. The molecular weight excluding hydrogens is 426 g/mol. The van der Waals surface area contributed by atoms with Gasteiger partial charge in [-0.1, -0.05) is 53.9 Å². The van der Waals surface area contributed by atoms with E-state index in [2.05, 4.69) is 34.6 Å². The van der Waals surface area contributed by atoms with Gasteiger partial charge in [-0.15, -0.1) is 0 Å². The Morgan fingerprint density at radius 2 is 1.76 bits per heavy atom. The van der Waals surface area contributed by atoms with Gasteiger partial charge in [0, 0.05) is 19.8 Å². The summed E-state index contributed by atoms with van der Waals surface area (Å²) in [7, 11) is 0. The zero-order valence-corrected chi connectivity index (χ0v) is 22.4. The number of esters is 1. The van der Waals surface area contributed by atoms with E-state index in [0.29, 0.717) is 41.8 Å². The zero-order chi connectivity index (χ0) is 24.8. The summed E-state index contributed by atoms with van der Waals surface area (Å²) in [5.41, 5.74) is 0.532. The molecule has 0 bridgehead atoms. The number of nitrogens with zero attached hydrogens (tertiary/aromatic N) is 1. The maximum absolute atomic E-state index is 12.0. The van der Waals surface area contributed by atoms with Crippen molar-refractivity contribution in [2.24, 2.45) is 52.3 Å². The Kier molecular flexibility index (Phi) is 7.24. The molecule has 0 aromatic carbocycles. The van der Waals surface area contributed by atoms with Crippen LogP contribution in [0, 0.1) is 62.4 Å². The van der Waals surface area contributed by atoms with Gasteiger partial charge in [-0.3, -0.25) is 14.9 Å². The van der Waals surface area contributed by atoms with E-state index in [9.17, 15) is 14.9 Å². The maximum Gasteiger partial charge on any atom is 0.307 e. The molecule has 8 atom stereocenters. The molecule has 4 aliphatic carbocycles. The highest BCUT2D eigenvalue weighted by Crippen LogP contribution is 2.68. The van der Waals surface area contributed by atoms with E-state index < -0.39 is 5.97 Å². The maximum atomic E-state index is 12.0. The van der Waals surface area contributed by atoms with Crippen LogP contribution in [-0.4, -0.2) is 10.9 Å². The van der Waals surface area contributed by atoms with Crippen molar-refractivity contribution in [2.75, 3.05) is 0 Å². The van der Waals surface area contributed by atoms with Gasteiger partial charge in [-0.25, -0.2) is 0 Å². The number of hydrogen-bond acceptors (Lipinski definition) is 4. The Morgan fingerprint density at radius 1 is 1.06 bits per heavy atom. The van der Waals surface area contributed by atoms with Crippen molar-refractivity contribution in [2.45, 2.75) is 112 Å². The molecule has 0 N–H and O–H groups in total. The lowest BCUT2D eigenvalue weighted by Gasteiger charge is -2.60. The van der Waals surface area contributed by atoms with Crippen molar-refractivity contribution in [3.8, 4) is 0 Å². The molecule has 4 rings (SSSR count). The fraction of sp³-hybridized carbons (Fsp3) is 0.897. The Hall–Kier alpha value is -1.39. The molecule has 5 heteroatoms. The van der Waals surface area contributed by atoms with E-state index in [-0.39, 0.29) is 16.0 Å². The average molecular weight is 474 g/mol. The molecule has 0 amide bonds. The van der Waals surface area contributed by atoms with Crippen LogP contribution < -0.4 is 0 Å². The quantitative estimate of drug-likeness (QED) is 0.215. The van der Waals surface area contributed by atoms with E-state index in [1.807, 2.05) is 0 Å². The Morgan fingerprint density at radius 3 is 2.41 bits per heavy atom. The highest BCUT2D eigenvalue weighted by atomic mass is 16.6. The summed E-state index contributed by atoms with van der Waals surface area (Å²) in [6, 6.07) is 0. The predicted molar refractivity (Wildman–Crippen MR) is 134 cm³/mol. The molecule has 0 aromatic heterocycles. The molecule has 0 heterocycles. The fourth-order valence-corrected chi connectivity index (χ4v) is 9.41. The third kappa shape index (κ3) is 4.46. The molecule has 0 saturated heterocycles.